The average molecular weight is 498 g/mol. The van der Waals surface area contributed by atoms with Gasteiger partial charge in [-0.2, -0.15) is 10.2 Å². The molecule has 0 bridgehead atoms. The van der Waals surface area contributed by atoms with Crippen molar-refractivity contribution in [2.45, 2.75) is 25.3 Å². The predicted molar refractivity (Wildman–Crippen MR) is 128 cm³/mol. The zero-order valence-electron chi connectivity index (χ0n) is 18.9. The summed E-state index contributed by atoms with van der Waals surface area (Å²) in [6.45, 7) is 0.779. The summed E-state index contributed by atoms with van der Waals surface area (Å²) in [5, 5.41) is 33.2. The second-order valence-electron chi connectivity index (χ2n) is 8.25. The van der Waals surface area contributed by atoms with Crippen LogP contribution in [-0.4, -0.2) is 71.7 Å². The maximum Gasteiger partial charge on any atom is 0.244 e. The van der Waals surface area contributed by atoms with Crippen molar-refractivity contribution >= 4 is 28.8 Å². The van der Waals surface area contributed by atoms with E-state index in [1.807, 2.05) is 0 Å². The summed E-state index contributed by atoms with van der Waals surface area (Å²) in [5.41, 5.74) is 2.48. The van der Waals surface area contributed by atoms with Crippen LogP contribution < -0.4 is 10.1 Å². The number of nitrogens with one attached hydrogen (secondary N) is 1. The first-order valence-electron chi connectivity index (χ1n) is 11.0. The second-order valence-corrected chi connectivity index (χ2v) is 8.69. The highest BCUT2D eigenvalue weighted by atomic mass is 35.5. The molecule has 4 aromatic rings. The number of benzene rings is 1. The molecule has 0 spiro atoms. The van der Waals surface area contributed by atoms with Crippen molar-refractivity contribution in [2.75, 3.05) is 25.5 Å². The van der Waals surface area contributed by atoms with Gasteiger partial charge in [-0.3, -0.25) is 9.48 Å². The third-order valence-electron chi connectivity index (χ3n) is 5.89. The van der Waals surface area contributed by atoms with E-state index in [0.29, 0.717) is 58.4 Å². The fraction of sp³-hybridized carbons (Fsp3) is 0.304. The van der Waals surface area contributed by atoms with Gasteiger partial charge in [-0.1, -0.05) is 11.6 Å². The fourth-order valence-corrected chi connectivity index (χ4v) is 4.31. The van der Waals surface area contributed by atoms with E-state index in [2.05, 4.69) is 20.5 Å². The number of methoxy groups -OCH3 is 1. The van der Waals surface area contributed by atoms with E-state index in [-0.39, 0.29) is 12.5 Å². The van der Waals surface area contributed by atoms with Crippen LogP contribution in [0.1, 0.15) is 18.2 Å². The van der Waals surface area contributed by atoms with Crippen molar-refractivity contribution in [1.82, 2.24) is 29.3 Å². The highest BCUT2D eigenvalue weighted by molar-refractivity contribution is 6.31. The van der Waals surface area contributed by atoms with E-state index < -0.39 is 12.3 Å². The van der Waals surface area contributed by atoms with E-state index in [4.69, 9.17) is 16.3 Å². The number of amides is 1. The molecule has 2 atom stereocenters. The molecule has 0 aliphatic carbocycles. The van der Waals surface area contributed by atoms with Crippen LogP contribution in [0.4, 0.5) is 5.69 Å². The zero-order valence-corrected chi connectivity index (χ0v) is 19.6. The molecular formula is C23H24ClN7O4. The number of anilines is 1. The number of hydrogen-bond acceptors (Lipinski definition) is 8. The molecule has 1 saturated heterocycles. The Morgan fingerprint density at radius 3 is 3.03 bits per heavy atom. The van der Waals surface area contributed by atoms with E-state index in [0.717, 1.165) is 0 Å². The molecular weight excluding hydrogens is 474 g/mol. The Labute approximate surface area is 205 Å². The van der Waals surface area contributed by atoms with Gasteiger partial charge in [0.25, 0.3) is 0 Å². The Morgan fingerprint density at radius 2 is 2.26 bits per heavy atom. The van der Waals surface area contributed by atoms with Crippen molar-refractivity contribution in [3.05, 3.63) is 59.6 Å². The average Bonchev–Trinajstić information content (AvgIpc) is 3.57. The zero-order chi connectivity index (χ0) is 24.5. The van der Waals surface area contributed by atoms with Crippen LogP contribution in [-0.2, 0) is 11.3 Å². The van der Waals surface area contributed by atoms with Crippen LogP contribution in [0.3, 0.4) is 0 Å². The van der Waals surface area contributed by atoms with Crippen molar-refractivity contribution in [2.24, 2.45) is 0 Å². The summed E-state index contributed by atoms with van der Waals surface area (Å²) in [5.74, 6) is 0.372. The molecule has 0 radical (unpaired) electrons. The first kappa shape index (κ1) is 23.1. The van der Waals surface area contributed by atoms with E-state index in [1.54, 1.807) is 59.4 Å². The number of nitrogens with zero attached hydrogens (tertiary/aromatic N) is 6. The van der Waals surface area contributed by atoms with Gasteiger partial charge < -0.3 is 25.2 Å². The lowest BCUT2D eigenvalue weighted by atomic mass is 10.1. The van der Waals surface area contributed by atoms with Crippen LogP contribution in [0.2, 0.25) is 5.02 Å². The number of carbonyl (C=O) groups excluding carboxylic acids is 1. The number of likely N-dealkylation sites (tertiary alicyclic amines) is 1. The Bertz CT molecular complexity index is 1370. The first-order chi connectivity index (χ1) is 16.9. The monoisotopic (exact) mass is 497 g/mol. The van der Waals surface area contributed by atoms with E-state index >= 15 is 0 Å². The summed E-state index contributed by atoms with van der Waals surface area (Å²) in [6, 6.07) is 6.88. The summed E-state index contributed by atoms with van der Waals surface area (Å²) < 4.78 is 8.56. The number of carbonyl (C=O) groups is 1. The van der Waals surface area contributed by atoms with Crippen molar-refractivity contribution in [3.63, 3.8) is 0 Å². The van der Waals surface area contributed by atoms with Gasteiger partial charge in [-0.15, -0.1) is 0 Å². The van der Waals surface area contributed by atoms with Gasteiger partial charge in [-0.25, -0.2) is 9.50 Å². The quantitative estimate of drug-likeness (QED) is 0.330. The molecule has 4 heterocycles. The van der Waals surface area contributed by atoms with Crippen LogP contribution in [0.25, 0.3) is 16.9 Å². The fourth-order valence-electron chi connectivity index (χ4n) is 4.14. The van der Waals surface area contributed by atoms with Crippen molar-refractivity contribution < 1.29 is 19.7 Å². The molecule has 11 nitrogen and oxygen atoms in total. The molecule has 3 N–H and O–H groups in total. The lowest BCUT2D eigenvalue weighted by molar-refractivity contribution is -0.131. The summed E-state index contributed by atoms with van der Waals surface area (Å²) >= 11 is 6.26. The molecule has 3 aromatic heterocycles. The smallest absolute Gasteiger partial charge is 0.244 e. The number of aromatic nitrogens is 5. The number of ether oxygens (including phenoxy) is 1. The molecule has 1 aliphatic rings. The number of hydrogen-bond donors (Lipinski definition) is 3. The molecule has 5 rings (SSSR count). The van der Waals surface area contributed by atoms with Crippen LogP contribution in [0.15, 0.2) is 49.1 Å². The topological polar surface area (TPSA) is 130 Å². The predicted octanol–water partition coefficient (Wildman–Crippen LogP) is 1.95. The number of rotatable bonds is 7. The van der Waals surface area contributed by atoms with Gasteiger partial charge in [0, 0.05) is 42.3 Å². The Morgan fingerprint density at radius 1 is 1.40 bits per heavy atom. The molecule has 1 amide bonds. The van der Waals surface area contributed by atoms with Crippen LogP contribution >= 0.6 is 11.6 Å². The molecule has 182 valence electrons. The lowest BCUT2D eigenvalue weighted by Crippen LogP contribution is -2.32. The number of aliphatic hydroxyl groups is 2. The number of fused-ring (bicyclic) bond motifs is 1. The maximum absolute atomic E-state index is 12.8. The summed E-state index contributed by atoms with van der Waals surface area (Å²) in [4.78, 5) is 18.7. The highest BCUT2D eigenvalue weighted by Crippen LogP contribution is 2.37. The molecule has 1 fully saturated rings. The lowest BCUT2D eigenvalue weighted by Gasteiger charge is -2.15. The summed E-state index contributed by atoms with van der Waals surface area (Å²) in [6.07, 6.45) is 5.42. The number of halogens is 1. The third-order valence-corrected chi connectivity index (χ3v) is 6.12. The number of β-amino-alcohol motifs (C(OH)–C–C–N with tert-alkyl or cyclic N) is 1. The standard InChI is InChI=1S/C23H24ClN7O4/c1-35-19-4-3-14(24)9-16(19)21-18(12-30(28-21)13-20(33)29-8-5-15(32)11-29)27-23(34)17-10-26-31-7-2-6-25-22(17)31/h2-4,6-7,9-10,12,15,23,27,32,34H,5,8,11,13H2,1H3/t15-,23?/m0/s1. The van der Waals surface area contributed by atoms with Gasteiger partial charge >= 0.3 is 0 Å². The molecule has 12 heteroatoms. The minimum absolute atomic E-state index is 0.0291. The van der Waals surface area contributed by atoms with Crippen LogP contribution in [0.5, 0.6) is 5.75 Å². The Balaban J connectivity index is 1.49. The molecule has 0 saturated carbocycles. The van der Waals surface area contributed by atoms with Crippen LogP contribution in [0, 0.1) is 0 Å². The molecule has 1 aromatic carbocycles. The molecule has 35 heavy (non-hydrogen) atoms. The largest absolute Gasteiger partial charge is 0.496 e. The minimum Gasteiger partial charge on any atom is -0.496 e. The van der Waals surface area contributed by atoms with Gasteiger partial charge in [-0.05, 0) is 30.7 Å². The van der Waals surface area contributed by atoms with Crippen molar-refractivity contribution in [1.29, 1.82) is 0 Å². The highest BCUT2D eigenvalue weighted by Gasteiger charge is 2.26. The van der Waals surface area contributed by atoms with Gasteiger partial charge in [0.05, 0.1) is 30.7 Å². The Kier molecular flexibility index (Phi) is 6.29. The minimum atomic E-state index is -1.16. The van der Waals surface area contributed by atoms with Gasteiger partial charge in [0.1, 0.15) is 18.0 Å². The SMILES string of the molecule is COc1ccc(Cl)cc1-c1nn(CC(=O)N2CC[C@H](O)C2)cc1NC(O)c1cnn2cccnc12. The van der Waals surface area contributed by atoms with Gasteiger partial charge in [0.2, 0.25) is 5.91 Å². The summed E-state index contributed by atoms with van der Waals surface area (Å²) in [7, 11) is 1.54. The van der Waals surface area contributed by atoms with E-state index in [9.17, 15) is 15.0 Å². The van der Waals surface area contributed by atoms with E-state index in [1.165, 1.54) is 10.9 Å². The first-order valence-corrected chi connectivity index (χ1v) is 11.4. The molecule has 1 unspecified atom stereocenters. The molecule has 1 aliphatic heterocycles. The maximum atomic E-state index is 12.8. The second kappa shape index (κ2) is 9.53. The van der Waals surface area contributed by atoms with Crippen molar-refractivity contribution in [3.8, 4) is 17.0 Å². The van der Waals surface area contributed by atoms with Gasteiger partial charge in [0.15, 0.2) is 11.9 Å². The normalized spacial score (nSPS) is 16.6. The number of aliphatic hydroxyl groups excluding tert-OH is 2. The third kappa shape index (κ3) is 4.65. The Hall–Kier alpha value is -3.67.